The van der Waals surface area contributed by atoms with Gasteiger partial charge in [0.1, 0.15) is 5.69 Å². The smallest absolute Gasteiger partial charge is 0.237 e. The van der Waals surface area contributed by atoms with Gasteiger partial charge in [-0.1, -0.05) is 23.4 Å². The molecule has 2 aromatic rings. The van der Waals surface area contributed by atoms with Crippen molar-refractivity contribution in [2.45, 2.75) is 38.3 Å². The third kappa shape index (κ3) is 3.33. The molecule has 2 aliphatic rings. The second-order valence-electron chi connectivity index (χ2n) is 6.73. The third-order valence-electron chi connectivity index (χ3n) is 4.88. The van der Waals surface area contributed by atoms with Gasteiger partial charge in [0, 0.05) is 0 Å². The Balaban J connectivity index is 1.37. The lowest BCUT2D eigenvalue weighted by Crippen LogP contribution is -2.47. The maximum atomic E-state index is 12.7. The van der Waals surface area contributed by atoms with Crippen LogP contribution in [0.25, 0.3) is 5.69 Å². The zero-order valence-electron chi connectivity index (χ0n) is 13.8. The molecule has 1 N–H and O–H groups in total. The Morgan fingerprint density at radius 1 is 1.21 bits per heavy atom. The highest BCUT2D eigenvalue weighted by Crippen LogP contribution is 2.36. The molecule has 1 saturated heterocycles. The second kappa shape index (κ2) is 6.73. The van der Waals surface area contributed by atoms with Crippen LogP contribution in [-0.4, -0.2) is 44.9 Å². The van der Waals surface area contributed by atoms with E-state index >= 15 is 0 Å². The monoisotopic (exact) mass is 325 g/mol. The van der Waals surface area contributed by atoms with E-state index in [2.05, 4.69) is 20.5 Å². The van der Waals surface area contributed by atoms with E-state index in [0.717, 1.165) is 24.5 Å². The van der Waals surface area contributed by atoms with Crippen molar-refractivity contribution in [1.29, 1.82) is 0 Å². The van der Waals surface area contributed by atoms with E-state index in [-0.39, 0.29) is 11.9 Å². The summed E-state index contributed by atoms with van der Waals surface area (Å²) >= 11 is 0. The fourth-order valence-corrected chi connectivity index (χ4v) is 3.48. The number of para-hydroxylation sites is 1. The van der Waals surface area contributed by atoms with Gasteiger partial charge in [-0.25, -0.2) is 4.68 Å². The number of rotatable bonds is 6. The van der Waals surface area contributed by atoms with Crippen molar-refractivity contribution >= 4 is 5.91 Å². The number of nitrogens with zero attached hydrogens (tertiary/aromatic N) is 4. The molecule has 1 aliphatic heterocycles. The van der Waals surface area contributed by atoms with E-state index < -0.39 is 0 Å². The summed E-state index contributed by atoms with van der Waals surface area (Å²) in [4.78, 5) is 15.0. The average molecular weight is 325 g/mol. The van der Waals surface area contributed by atoms with Crippen molar-refractivity contribution in [2.75, 3.05) is 13.1 Å². The van der Waals surface area contributed by atoms with Crippen molar-refractivity contribution in [1.82, 2.24) is 25.2 Å². The summed E-state index contributed by atoms with van der Waals surface area (Å²) < 4.78 is 1.74. The van der Waals surface area contributed by atoms with Crippen molar-refractivity contribution in [3.8, 4) is 5.69 Å². The van der Waals surface area contributed by atoms with E-state index in [0.29, 0.717) is 12.5 Å². The van der Waals surface area contributed by atoms with Crippen LogP contribution < -0.4 is 5.32 Å². The Kier molecular flexibility index (Phi) is 4.30. The third-order valence-corrected chi connectivity index (χ3v) is 4.88. The van der Waals surface area contributed by atoms with Crippen LogP contribution in [0.15, 0.2) is 36.5 Å². The maximum absolute atomic E-state index is 12.7. The van der Waals surface area contributed by atoms with Crippen molar-refractivity contribution in [2.24, 2.45) is 5.92 Å². The normalized spacial score (nSPS) is 19.3. The Labute approximate surface area is 141 Å². The van der Waals surface area contributed by atoms with Crippen molar-refractivity contribution in [3.63, 3.8) is 0 Å². The Hall–Kier alpha value is -2.21. The molecule has 1 saturated carbocycles. The Morgan fingerprint density at radius 2 is 1.96 bits per heavy atom. The number of likely N-dealkylation sites (tertiary alicyclic amines) is 1. The predicted molar refractivity (Wildman–Crippen MR) is 90.5 cm³/mol. The highest BCUT2D eigenvalue weighted by molar-refractivity contribution is 5.82. The number of amides is 1. The first kappa shape index (κ1) is 15.3. The molecule has 0 spiro atoms. The molecule has 4 rings (SSSR count). The molecular weight excluding hydrogens is 302 g/mol. The summed E-state index contributed by atoms with van der Waals surface area (Å²) in [6.07, 6.45) is 6.65. The summed E-state index contributed by atoms with van der Waals surface area (Å²) in [6, 6.07) is 9.92. The summed E-state index contributed by atoms with van der Waals surface area (Å²) in [5.74, 6) is 0.691. The van der Waals surface area contributed by atoms with Gasteiger partial charge in [0.15, 0.2) is 0 Å². The van der Waals surface area contributed by atoms with Crippen LogP contribution in [0.5, 0.6) is 0 Å². The molecule has 1 atom stereocenters. The van der Waals surface area contributed by atoms with Crippen LogP contribution in [0.2, 0.25) is 0 Å². The molecule has 1 aromatic carbocycles. The molecule has 24 heavy (non-hydrogen) atoms. The second-order valence-corrected chi connectivity index (χ2v) is 6.73. The van der Waals surface area contributed by atoms with Gasteiger partial charge >= 0.3 is 0 Å². The van der Waals surface area contributed by atoms with Gasteiger partial charge in [0.05, 0.1) is 24.5 Å². The topological polar surface area (TPSA) is 63.1 Å². The molecule has 126 valence electrons. The predicted octanol–water partition coefficient (Wildman–Crippen LogP) is 1.76. The molecular formula is C18H23N5O. The van der Waals surface area contributed by atoms with Crippen LogP contribution in [-0.2, 0) is 11.3 Å². The standard InChI is InChI=1S/C18H23N5O/c24-18(17(14-8-9-14)22-10-4-5-11-22)19-12-15-13-23(21-20-15)16-6-2-1-3-7-16/h1-3,6-7,13-14,17H,4-5,8-12H2,(H,19,24)/t17-/m1/s1. The van der Waals surface area contributed by atoms with E-state index in [1.54, 1.807) is 4.68 Å². The summed E-state index contributed by atoms with van der Waals surface area (Å²) in [7, 11) is 0. The first-order valence-electron chi connectivity index (χ1n) is 8.80. The van der Waals surface area contributed by atoms with Gasteiger partial charge in [-0.3, -0.25) is 9.69 Å². The molecule has 0 unspecified atom stereocenters. The summed E-state index contributed by atoms with van der Waals surface area (Å²) in [5.41, 5.74) is 1.75. The van der Waals surface area contributed by atoms with Crippen molar-refractivity contribution < 1.29 is 4.79 Å². The van der Waals surface area contributed by atoms with Crippen LogP contribution in [0, 0.1) is 5.92 Å². The minimum atomic E-state index is 0.0525. The Morgan fingerprint density at radius 3 is 2.67 bits per heavy atom. The van der Waals surface area contributed by atoms with Gasteiger partial charge in [0.2, 0.25) is 5.91 Å². The maximum Gasteiger partial charge on any atom is 0.237 e. The summed E-state index contributed by atoms with van der Waals surface area (Å²) in [6.45, 7) is 2.54. The minimum absolute atomic E-state index is 0.0525. The van der Waals surface area contributed by atoms with E-state index in [1.165, 1.54) is 25.7 Å². The van der Waals surface area contributed by atoms with Gasteiger partial charge in [-0.2, -0.15) is 0 Å². The molecule has 2 fully saturated rings. The molecule has 1 aliphatic carbocycles. The highest BCUT2D eigenvalue weighted by atomic mass is 16.2. The van der Waals surface area contributed by atoms with Gasteiger partial charge in [0.25, 0.3) is 0 Å². The number of benzene rings is 1. The van der Waals surface area contributed by atoms with Crippen LogP contribution >= 0.6 is 0 Å². The molecule has 6 nitrogen and oxygen atoms in total. The number of hydrogen-bond donors (Lipinski definition) is 1. The SMILES string of the molecule is O=C(NCc1cn(-c2ccccc2)nn1)[C@@H](C1CC1)N1CCCC1. The first-order valence-corrected chi connectivity index (χ1v) is 8.80. The van der Waals surface area contributed by atoms with Crippen molar-refractivity contribution in [3.05, 3.63) is 42.2 Å². The van der Waals surface area contributed by atoms with E-state index in [1.807, 2.05) is 36.5 Å². The molecule has 1 amide bonds. The quantitative estimate of drug-likeness (QED) is 0.879. The lowest BCUT2D eigenvalue weighted by atomic mass is 10.1. The fourth-order valence-electron chi connectivity index (χ4n) is 3.48. The number of carbonyl (C=O) groups is 1. The number of carbonyl (C=O) groups excluding carboxylic acids is 1. The highest BCUT2D eigenvalue weighted by Gasteiger charge is 2.40. The molecule has 6 heteroatoms. The van der Waals surface area contributed by atoms with E-state index in [4.69, 9.17) is 0 Å². The van der Waals surface area contributed by atoms with Crippen LogP contribution in [0.1, 0.15) is 31.4 Å². The Bertz CT molecular complexity index is 688. The average Bonchev–Trinajstić information content (AvgIpc) is 3.11. The minimum Gasteiger partial charge on any atom is -0.349 e. The largest absolute Gasteiger partial charge is 0.349 e. The number of hydrogen-bond acceptors (Lipinski definition) is 4. The van der Waals surface area contributed by atoms with Gasteiger partial charge in [-0.05, 0) is 56.8 Å². The van der Waals surface area contributed by atoms with E-state index in [9.17, 15) is 4.79 Å². The fraction of sp³-hybridized carbons (Fsp3) is 0.500. The number of nitrogens with one attached hydrogen (secondary N) is 1. The summed E-state index contributed by atoms with van der Waals surface area (Å²) in [5, 5.41) is 11.4. The van der Waals surface area contributed by atoms with Gasteiger partial charge in [-0.15, -0.1) is 5.10 Å². The zero-order valence-corrected chi connectivity index (χ0v) is 13.8. The van der Waals surface area contributed by atoms with Gasteiger partial charge < -0.3 is 5.32 Å². The number of aromatic nitrogens is 3. The zero-order chi connectivity index (χ0) is 16.4. The molecule has 0 radical (unpaired) electrons. The molecule has 0 bridgehead atoms. The van der Waals surface area contributed by atoms with Crippen LogP contribution in [0.3, 0.4) is 0 Å². The lowest BCUT2D eigenvalue weighted by Gasteiger charge is -2.26. The molecule has 1 aromatic heterocycles. The lowest BCUT2D eigenvalue weighted by molar-refractivity contribution is -0.127. The first-order chi connectivity index (χ1) is 11.8. The molecule has 2 heterocycles. The van der Waals surface area contributed by atoms with Crippen LogP contribution in [0.4, 0.5) is 0 Å².